The van der Waals surface area contributed by atoms with Crippen molar-refractivity contribution in [2.45, 2.75) is 19.4 Å². The quantitative estimate of drug-likeness (QED) is 0.829. The minimum absolute atomic E-state index is 0.0249. The summed E-state index contributed by atoms with van der Waals surface area (Å²) in [5, 5.41) is 11.7. The number of halogens is 1. The highest BCUT2D eigenvalue weighted by atomic mass is 19.1. The fraction of sp³-hybridized carbons (Fsp3) is 0.476. The first-order valence-corrected chi connectivity index (χ1v) is 10.1. The third-order valence-corrected chi connectivity index (χ3v) is 5.47. The minimum Gasteiger partial charge on any atom is -0.378 e. The maximum atomic E-state index is 13.0. The molecular formula is C21H26FN5O2. The fourth-order valence-corrected chi connectivity index (χ4v) is 3.78. The topological polar surface area (TPSA) is 70.6 Å². The number of hydrogen-bond donors (Lipinski definition) is 1. The number of aromatic nitrogens is 2. The number of carbonyl (C=O) groups excluding carboxylic acids is 1. The number of morpholine rings is 1. The largest absolute Gasteiger partial charge is 0.378 e. The molecule has 1 aromatic heterocycles. The predicted molar refractivity (Wildman–Crippen MR) is 108 cm³/mol. The Morgan fingerprint density at radius 3 is 2.41 bits per heavy atom. The van der Waals surface area contributed by atoms with E-state index < -0.39 is 0 Å². The van der Waals surface area contributed by atoms with Gasteiger partial charge < -0.3 is 19.9 Å². The average molecular weight is 399 g/mol. The van der Waals surface area contributed by atoms with Gasteiger partial charge in [-0.25, -0.2) is 4.39 Å². The predicted octanol–water partition coefficient (Wildman–Crippen LogP) is 1.99. The van der Waals surface area contributed by atoms with E-state index in [0.717, 1.165) is 49.7 Å². The summed E-state index contributed by atoms with van der Waals surface area (Å²) in [6.45, 7) is 4.98. The Kier molecular flexibility index (Phi) is 6.19. The Labute approximate surface area is 169 Å². The van der Waals surface area contributed by atoms with Crippen molar-refractivity contribution in [2.24, 2.45) is 5.92 Å². The molecular weight excluding hydrogens is 373 g/mol. The number of anilines is 2. The number of carbonyl (C=O) groups is 1. The van der Waals surface area contributed by atoms with Gasteiger partial charge in [-0.05, 0) is 42.7 Å². The van der Waals surface area contributed by atoms with E-state index in [0.29, 0.717) is 26.3 Å². The molecule has 7 nitrogen and oxygen atoms in total. The van der Waals surface area contributed by atoms with Gasteiger partial charge in [0.2, 0.25) is 5.91 Å². The molecule has 1 atom stereocenters. The number of piperidine rings is 1. The number of benzene rings is 1. The molecule has 1 unspecified atom stereocenters. The molecule has 154 valence electrons. The van der Waals surface area contributed by atoms with Gasteiger partial charge in [0.1, 0.15) is 5.82 Å². The summed E-state index contributed by atoms with van der Waals surface area (Å²) in [7, 11) is 0. The molecule has 2 fully saturated rings. The second kappa shape index (κ2) is 9.17. The van der Waals surface area contributed by atoms with Crippen LogP contribution < -0.4 is 15.1 Å². The second-order valence-corrected chi connectivity index (χ2v) is 7.48. The summed E-state index contributed by atoms with van der Waals surface area (Å²) >= 11 is 0. The van der Waals surface area contributed by atoms with Crippen LogP contribution in [-0.2, 0) is 16.1 Å². The SMILES string of the molecule is O=C(NCc1ccc(F)cc1)C1CCCN(c2ccc(N3CCOCC3)nn2)C1. The van der Waals surface area contributed by atoms with Gasteiger partial charge in [0.15, 0.2) is 11.6 Å². The standard InChI is InChI=1S/C21H26FN5O2/c22-18-5-3-16(4-6-18)14-23-21(28)17-2-1-9-27(15-17)20-8-7-19(24-25-20)26-10-12-29-13-11-26/h3-8,17H,1-2,9-15H2,(H,23,28). The lowest BCUT2D eigenvalue weighted by Crippen LogP contribution is -2.43. The maximum Gasteiger partial charge on any atom is 0.225 e. The van der Waals surface area contributed by atoms with Crippen molar-refractivity contribution in [1.82, 2.24) is 15.5 Å². The van der Waals surface area contributed by atoms with Crippen LogP contribution in [0.2, 0.25) is 0 Å². The molecule has 0 radical (unpaired) electrons. The molecule has 0 saturated carbocycles. The van der Waals surface area contributed by atoms with Gasteiger partial charge in [-0.3, -0.25) is 4.79 Å². The zero-order valence-electron chi connectivity index (χ0n) is 16.4. The normalized spacial score (nSPS) is 19.8. The number of nitrogens with one attached hydrogen (secondary N) is 1. The maximum absolute atomic E-state index is 13.0. The van der Waals surface area contributed by atoms with Crippen LogP contribution in [0.3, 0.4) is 0 Å². The highest BCUT2D eigenvalue weighted by Crippen LogP contribution is 2.23. The van der Waals surface area contributed by atoms with Gasteiger partial charge in [0.05, 0.1) is 19.1 Å². The van der Waals surface area contributed by atoms with Crippen molar-refractivity contribution in [3.63, 3.8) is 0 Å². The van der Waals surface area contributed by atoms with E-state index >= 15 is 0 Å². The molecule has 3 heterocycles. The van der Waals surface area contributed by atoms with Crippen LogP contribution in [0.25, 0.3) is 0 Å². The van der Waals surface area contributed by atoms with Crippen LogP contribution in [0, 0.1) is 11.7 Å². The molecule has 2 aliphatic heterocycles. The Morgan fingerprint density at radius 2 is 1.72 bits per heavy atom. The highest BCUT2D eigenvalue weighted by Gasteiger charge is 2.26. The molecule has 2 saturated heterocycles. The number of hydrogen-bond acceptors (Lipinski definition) is 6. The van der Waals surface area contributed by atoms with Crippen molar-refractivity contribution in [3.8, 4) is 0 Å². The van der Waals surface area contributed by atoms with Crippen molar-refractivity contribution in [3.05, 3.63) is 47.8 Å². The molecule has 1 amide bonds. The van der Waals surface area contributed by atoms with Crippen molar-refractivity contribution >= 4 is 17.5 Å². The van der Waals surface area contributed by atoms with Gasteiger partial charge >= 0.3 is 0 Å². The van der Waals surface area contributed by atoms with E-state index in [-0.39, 0.29) is 17.6 Å². The molecule has 0 spiro atoms. The van der Waals surface area contributed by atoms with Gasteiger partial charge in [-0.1, -0.05) is 12.1 Å². The van der Waals surface area contributed by atoms with Gasteiger partial charge in [0.25, 0.3) is 0 Å². The number of amides is 1. The monoisotopic (exact) mass is 399 g/mol. The third-order valence-electron chi connectivity index (χ3n) is 5.47. The van der Waals surface area contributed by atoms with E-state index in [1.165, 1.54) is 12.1 Å². The van der Waals surface area contributed by atoms with Crippen LogP contribution in [0.1, 0.15) is 18.4 Å². The summed E-state index contributed by atoms with van der Waals surface area (Å²) in [6.07, 6.45) is 1.78. The summed E-state index contributed by atoms with van der Waals surface area (Å²) < 4.78 is 18.4. The number of rotatable bonds is 5. The van der Waals surface area contributed by atoms with Crippen LogP contribution >= 0.6 is 0 Å². The Bertz CT molecular complexity index is 809. The fourth-order valence-electron chi connectivity index (χ4n) is 3.78. The molecule has 2 aromatic rings. The van der Waals surface area contributed by atoms with Gasteiger partial charge in [0, 0.05) is 32.7 Å². The van der Waals surface area contributed by atoms with E-state index in [9.17, 15) is 9.18 Å². The first-order valence-electron chi connectivity index (χ1n) is 10.1. The highest BCUT2D eigenvalue weighted by molar-refractivity contribution is 5.79. The zero-order valence-corrected chi connectivity index (χ0v) is 16.4. The molecule has 29 heavy (non-hydrogen) atoms. The molecule has 8 heteroatoms. The van der Waals surface area contributed by atoms with Crippen molar-refractivity contribution < 1.29 is 13.9 Å². The molecule has 1 N–H and O–H groups in total. The first kappa shape index (κ1) is 19.6. The first-order chi connectivity index (χ1) is 14.2. The summed E-state index contributed by atoms with van der Waals surface area (Å²) in [5.74, 6) is 1.33. The lowest BCUT2D eigenvalue weighted by atomic mass is 9.97. The van der Waals surface area contributed by atoms with Crippen molar-refractivity contribution in [2.75, 3.05) is 49.2 Å². The number of ether oxygens (including phenoxy) is 1. The lowest BCUT2D eigenvalue weighted by Gasteiger charge is -2.33. The molecule has 1 aromatic carbocycles. The average Bonchev–Trinajstić information content (AvgIpc) is 2.79. The molecule has 4 rings (SSSR count). The summed E-state index contributed by atoms with van der Waals surface area (Å²) in [6, 6.07) is 10.2. The zero-order chi connectivity index (χ0) is 20.1. The van der Waals surface area contributed by atoms with Gasteiger partial charge in [-0.15, -0.1) is 10.2 Å². The van der Waals surface area contributed by atoms with Crippen LogP contribution in [0.5, 0.6) is 0 Å². The van der Waals surface area contributed by atoms with Crippen LogP contribution in [0.4, 0.5) is 16.0 Å². The van der Waals surface area contributed by atoms with Crippen molar-refractivity contribution in [1.29, 1.82) is 0 Å². The minimum atomic E-state index is -0.274. The van der Waals surface area contributed by atoms with Gasteiger partial charge in [-0.2, -0.15) is 0 Å². The molecule has 0 aliphatic carbocycles. The molecule has 2 aliphatic rings. The molecule has 0 bridgehead atoms. The van der Waals surface area contributed by atoms with E-state index in [4.69, 9.17) is 4.74 Å². The number of nitrogens with zero attached hydrogens (tertiary/aromatic N) is 4. The summed E-state index contributed by atoms with van der Waals surface area (Å²) in [5.41, 5.74) is 0.886. The third kappa shape index (κ3) is 5.00. The van der Waals surface area contributed by atoms with Crippen LogP contribution in [-0.4, -0.2) is 55.5 Å². The van der Waals surface area contributed by atoms with E-state index in [1.807, 2.05) is 12.1 Å². The summed E-state index contributed by atoms with van der Waals surface area (Å²) in [4.78, 5) is 16.9. The lowest BCUT2D eigenvalue weighted by molar-refractivity contribution is -0.125. The van der Waals surface area contributed by atoms with Crippen LogP contribution in [0.15, 0.2) is 36.4 Å². The second-order valence-electron chi connectivity index (χ2n) is 7.48. The smallest absolute Gasteiger partial charge is 0.225 e. The Morgan fingerprint density at radius 1 is 1.03 bits per heavy atom. The van der Waals surface area contributed by atoms with E-state index in [1.54, 1.807) is 12.1 Å². The Hall–Kier alpha value is -2.74. The Balaban J connectivity index is 1.32. The van der Waals surface area contributed by atoms with E-state index in [2.05, 4.69) is 25.3 Å².